The van der Waals surface area contributed by atoms with Crippen LogP contribution in [0.25, 0.3) is 0 Å². The highest BCUT2D eigenvalue weighted by molar-refractivity contribution is 6.39. The van der Waals surface area contributed by atoms with Crippen molar-refractivity contribution in [1.82, 2.24) is 0 Å². The van der Waals surface area contributed by atoms with Crippen LogP contribution in [0.15, 0.2) is 18.2 Å². The topological polar surface area (TPSA) is 42.8 Å². The summed E-state index contributed by atoms with van der Waals surface area (Å²) in [4.78, 5) is 13.3. The normalized spacial score (nSPS) is 26.3. The molecule has 1 fully saturated rings. The van der Waals surface area contributed by atoms with Gasteiger partial charge in [0.05, 0.1) is 15.7 Å². The van der Waals surface area contributed by atoms with E-state index < -0.39 is 0 Å². The van der Waals surface area contributed by atoms with Gasteiger partial charge in [-0.05, 0) is 26.0 Å². The first-order chi connectivity index (χ1) is 9.45. The van der Waals surface area contributed by atoms with E-state index in [-0.39, 0.29) is 18.1 Å². The Kier molecular flexibility index (Phi) is 5.27. The molecule has 4 nitrogen and oxygen atoms in total. The number of amides is 1. The molecule has 0 aliphatic carbocycles. The highest BCUT2D eigenvalue weighted by Gasteiger charge is 2.27. The van der Waals surface area contributed by atoms with E-state index in [1.54, 1.807) is 18.2 Å². The Balaban J connectivity index is 1.95. The van der Waals surface area contributed by atoms with Gasteiger partial charge in [-0.1, -0.05) is 29.3 Å². The van der Waals surface area contributed by atoms with Gasteiger partial charge in [-0.3, -0.25) is 4.79 Å². The third-order valence-corrected chi connectivity index (χ3v) is 3.88. The molecule has 1 aromatic carbocycles. The van der Waals surface area contributed by atoms with E-state index >= 15 is 0 Å². The first kappa shape index (κ1) is 15.6. The van der Waals surface area contributed by atoms with Gasteiger partial charge in [0.15, 0.2) is 6.54 Å². The standard InChI is InChI=1S/C14H18Cl2N2O2/c1-9-6-18(7-10(2)20-9)8-13(19)17-14-11(15)4-3-5-12(14)16/h3-5,9-10H,6-8H2,1-2H3,(H,17,19)/p+1/t9-,10-/m0/s1. The fraction of sp³-hybridized carbons (Fsp3) is 0.500. The second-order valence-corrected chi connectivity index (χ2v) is 6.05. The number of halogens is 2. The number of carbonyl (C=O) groups is 1. The molecule has 1 saturated heterocycles. The quantitative estimate of drug-likeness (QED) is 0.889. The van der Waals surface area contributed by atoms with Gasteiger partial charge in [0.1, 0.15) is 25.3 Å². The van der Waals surface area contributed by atoms with Gasteiger partial charge in [0.25, 0.3) is 5.91 Å². The van der Waals surface area contributed by atoms with Crippen molar-refractivity contribution in [3.05, 3.63) is 28.2 Å². The summed E-state index contributed by atoms with van der Waals surface area (Å²) in [6.45, 7) is 6.10. The molecular weight excluding hydrogens is 299 g/mol. The average Bonchev–Trinajstić information content (AvgIpc) is 2.32. The van der Waals surface area contributed by atoms with Crippen LogP contribution in [0.5, 0.6) is 0 Å². The fourth-order valence-corrected chi connectivity index (χ4v) is 3.05. The number of rotatable bonds is 3. The summed E-state index contributed by atoms with van der Waals surface area (Å²) >= 11 is 12.1. The first-order valence-electron chi connectivity index (χ1n) is 6.68. The van der Waals surface area contributed by atoms with Crippen LogP contribution in [-0.2, 0) is 9.53 Å². The summed E-state index contributed by atoms with van der Waals surface area (Å²) in [6.07, 6.45) is 0.343. The minimum atomic E-state index is -0.0868. The van der Waals surface area contributed by atoms with Gasteiger partial charge < -0.3 is 15.0 Å². The van der Waals surface area contributed by atoms with Crippen molar-refractivity contribution in [2.24, 2.45) is 0 Å². The second-order valence-electron chi connectivity index (χ2n) is 5.24. The molecule has 1 aliphatic heterocycles. The van der Waals surface area contributed by atoms with Crippen LogP contribution in [0.2, 0.25) is 10.0 Å². The maximum atomic E-state index is 12.1. The monoisotopic (exact) mass is 317 g/mol. The minimum Gasteiger partial charge on any atom is -0.364 e. The molecule has 0 unspecified atom stereocenters. The summed E-state index contributed by atoms with van der Waals surface area (Å²) in [6, 6.07) is 5.15. The van der Waals surface area contributed by atoms with E-state index in [2.05, 4.69) is 5.32 Å². The van der Waals surface area contributed by atoms with Crippen molar-refractivity contribution < 1.29 is 14.4 Å². The molecule has 2 N–H and O–H groups in total. The molecule has 1 amide bonds. The minimum absolute atomic E-state index is 0.0868. The number of para-hydroxylation sites is 1. The summed E-state index contributed by atoms with van der Waals surface area (Å²) in [7, 11) is 0. The zero-order valence-electron chi connectivity index (χ0n) is 11.6. The Morgan fingerprint density at radius 1 is 1.30 bits per heavy atom. The predicted octanol–water partition coefficient (Wildman–Crippen LogP) is 1.62. The maximum absolute atomic E-state index is 12.1. The molecule has 0 bridgehead atoms. The van der Waals surface area contributed by atoms with Crippen LogP contribution in [0.3, 0.4) is 0 Å². The maximum Gasteiger partial charge on any atom is 0.279 e. The molecule has 110 valence electrons. The molecule has 0 spiro atoms. The molecule has 2 atom stereocenters. The Bertz CT molecular complexity index is 466. The van der Waals surface area contributed by atoms with Crippen LogP contribution in [0, 0.1) is 0 Å². The van der Waals surface area contributed by atoms with Crippen molar-refractivity contribution in [1.29, 1.82) is 0 Å². The average molecular weight is 318 g/mol. The molecule has 1 aromatic rings. The lowest BCUT2D eigenvalue weighted by atomic mass is 10.2. The zero-order valence-corrected chi connectivity index (χ0v) is 13.1. The summed E-state index contributed by atoms with van der Waals surface area (Å²) in [5.41, 5.74) is 0.481. The highest BCUT2D eigenvalue weighted by atomic mass is 35.5. The molecule has 1 heterocycles. The number of hydrogen-bond acceptors (Lipinski definition) is 2. The Morgan fingerprint density at radius 2 is 1.85 bits per heavy atom. The number of ether oxygens (including phenoxy) is 1. The molecule has 0 saturated carbocycles. The first-order valence-corrected chi connectivity index (χ1v) is 7.44. The lowest BCUT2D eigenvalue weighted by molar-refractivity contribution is -0.907. The number of anilines is 1. The molecule has 6 heteroatoms. The zero-order chi connectivity index (χ0) is 14.7. The van der Waals surface area contributed by atoms with Crippen molar-refractivity contribution in [2.45, 2.75) is 26.1 Å². The third-order valence-electron chi connectivity index (χ3n) is 3.25. The Labute approximate surface area is 129 Å². The number of morpholine rings is 1. The van der Waals surface area contributed by atoms with E-state index in [9.17, 15) is 4.79 Å². The van der Waals surface area contributed by atoms with Crippen molar-refractivity contribution in [3.8, 4) is 0 Å². The molecule has 20 heavy (non-hydrogen) atoms. The van der Waals surface area contributed by atoms with Crippen LogP contribution in [0.1, 0.15) is 13.8 Å². The van der Waals surface area contributed by atoms with Crippen LogP contribution >= 0.6 is 23.2 Å². The smallest absolute Gasteiger partial charge is 0.279 e. The van der Waals surface area contributed by atoms with Gasteiger partial charge >= 0.3 is 0 Å². The summed E-state index contributed by atoms with van der Waals surface area (Å²) in [5.74, 6) is -0.0868. The lowest BCUT2D eigenvalue weighted by Gasteiger charge is -2.31. The van der Waals surface area contributed by atoms with Gasteiger partial charge in [-0.15, -0.1) is 0 Å². The van der Waals surface area contributed by atoms with Crippen LogP contribution in [-0.4, -0.2) is 37.7 Å². The largest absolute Gasteiger partial charge is 0.364 e. The van der Waals surface area contributed by atoms with E-state index in [1.807, 2.05) is 13.8 Å². The second kappa shape index (κ2) is 6.76. The van der Waals surface area contributed by atoms with Crippen molar-refractivity contribution in [2.75, 3.05) is 25.0 Å². The number of hydrogen-bond donors (Lipinski definition) is 2. The number of carbonyl (C=O) groups excluding carboxylic acids is 1. The predicted molar refractivity (Wildman–Crippen MR) is 80.7 cm³/mol. The van der Waals surface area contributed by atoms with E-state index in [1.165, 1.54) is 4.90 Å². The van der Waals surface area contributed by atoms with E-state index in [0.717, 1.165) is 13.1 Å². The van der Waals surface area contributed by atoms with E-state index in [4.69, 9.17) is 27.9 Å². The Hall–Kier alpha value is -0.810. The van der Waals surface area contributed by atoms with Crippen LogP contribution in [0.4, 0.5) is 5.69 Å². The molecule has 1 aliphatic rings. The summed E-state index contributed by atoms with van der Waals surface area (Å²) in [5, 5.41) is 3.69. The van der Waals surface area contributed by atoms with Gasteiger partial charge in [0.2, 0.25) is 0 Å². The van der Waals surface area contributed by atoms with Crippen molar-refractivity contribution >= 4 is 34.8 Å². The number of quaternary nitrogens is 1. The molecule has 0 radical (unpaired) electrons. The van der Waals surface area contributed by atoms with Crippen molar-refractivity contribution in [3.63, 3.8) is 0 Å². The van der Waals surface area contributed by atoms with Gasteiger partial charge in [-0.2, -0.15) is 0 Å². The molecular formula is C14H19Cl2N2O2+. The van der Waals surface area contributed by atoms with Gasteiger partial charge in [0, 0.05) is 0 Å². The molecule has 2 rings (SSSR count). The Morgan fingerprint density at radius 3 is 2.40 bits per heavy atom. The highest BCUT2D eigenvalue weighted by Crippen LogP contribution is 2.29. The van der Waals surface area contributed by atoms with Crippen LogP contribution < -0.4 is 10.2 Å². The van der Waals surface area contributed by atoms with Gasteiger partial charge in [-0.25, -0.2) is 0 Å². The summed E-state index contributed by atoms with van der Waals surface area (Å²) < 4.78 is 5.66. The fourth-order valence-electron chi connectivity index (χ4n) is 2.56. The lowest BCUT2D eigenvalue weighted by Crippen LogP contribution is -3.16. The molecule has 0 aromatic heterocycles. The SMILES string of the molecule is C[C@H]1C[NH+](CC(=O)Nc2c(Cl)cccc2Cl)C[C@H](C)O1. The van der Waals surface area contributed by atoms with E-state index in [0.29, 0.717) is 22.3 Å². The third kappa shape index (κ3) is 4.09. The number of benzene rings is 1. The number of nitrogens with one attached hydrogen (secondary N) is 2.